The van der Waals surface area contributed by atoms with Crippen LogP contribution >= 0.6 is 0 Å². The fourth-order valence-electron chi connectivity index (χ4n) is 3.27. The third-order valence-corrected chi connectivity index (χ3v) is 4.97. The Hall–Kier alpha value is -3.67. The summed E-state index contributed by atoms with van der Waals surface area (Å²) in [4.78, 5) is 53.0. The lowest BCUT2D eigenvalue weighted by Crippen LogP contribution is -2.56. The summed E-state index contributed by atoms with van der Waals surface area (Å²) in [6.07, 6.45) is 1.13. The van der Waals surface area contributed by atoms with Crippen LogP contribution < -0.4 is 33.2 Å². The second kappa shape index (κ2) is 15.3. The Morgan fingerprint density at radius 3 is 2.17 bits per heavy atom. The number of hydrogen-bond donors (Lipinski definition) is 7. The molecule has 0 bridgehead atoms. The highest BCUT2D eigenvalue weighted by atomic mass is 16.4. The van der Waals surface area contributed by atoms with Gasteiger partial charge in [-0.25, -0.2) is 0 Å². The van der Waals surface area contributed by atoms with Crippen molar-refractivity contribution in [1.82, 2.24) is 16.0 Å². The number of aliphatic carboxylic acids is 1. The number of hydrogen-bond acceptors (Lipinski definition) is 6. The molecular formula is C23H37N7O5. The van der Waals surface area contributed by atoms with Gasteiger partial charge in [-0.05, 0) is 37.2 Å². The maximum atomic E-state index is 13.1. The van der Waals surface area contributed by atoms with E-state index in [1.807, 2.05) is 44.2 Å². The smallest absolute Gasteiger partial charge is 0.322 e. The molecule has 1 rings (SSSR count). The van der Waals surface area contributed by atoms with E-state index in [1.54, 1.807) is 0 Å². The van der Waals surface area contributed by atoms with Gasteiger partial charge in [0.2, 0.25) is 17.7 Å². The van der Waals surface area contributed by atoms with Crippen molar-refractivity contribution in [3.05, 3.63) is 35.9 Å². The number of carboxylic acids is 1. The largest absolute Gasteiger partial charge is 0.480 e. The summed E-state index contributed by atoms with van der Waals surface area (Å²) < 4.78 is 0. The van der Waals surface area contributed by atoms with Crippen molar-refractivity contribution in [1.29, 1.82) is 0 Å². The molecule has 0 saturated carbocycles. The van der Waals surface area contributed by atoms with Crippen molar-refractivity contribution in [3.8, 4) is 0 Å². The second-order valence-electron chi connectivity index (χ2n) is 8.61. The van der Waals surface area contributed by atoms with Crippen molar-refractivity contribution in [2.75, 3.05) is 13.1 Å². The van der Waals surface area contributed by atoms with E-state index in [9.17, 15) is 19.2 Å². The SMILES string of the molecule is CC(C)CC(NC(=O)C(CCCN=C(N)N)NC(=O)C(N)Cc1ccccc1)C(=O)NCC(=O)O. The van der Waals surface area contributed by atoms with Crippen LogP contribution in [0.15, 0.2) is 35.3 Å². The van der Waals surface area contributed by atoms with Crippen LogP contribution in [0.3, 0.4) is 0 Å². The Morgan fingerprint density at radius 2 is 1.60 bits per heavy atom. The molecule has 0 aliphatic heterocycles. The molecule has 0 aromatic heterocycles. The van der Waals surface area contributed by atoms with E-state index in [0.717, 1.165) is 5.56 Å². The molecular weight excluding hydrogens is 454 g/mol. The van der Waals surface area contributed by atoms with Gasteiger partial charge < -0.3 is 38.3 Å². The van der Waals surface area contributed by atoms with Crippen molar-refractivity contribution < 1.29 is 24.3 Å². The van der Waals surface area contributed by atoms with Crippen LogP contribution in [0, 0.1) is 5.92 Å². The Bertz CT molecular complexity index is 872. The maximum absolute atomic E-state index is 13.1. The number of benzene rings is 1. The molecule has 3 unspecified atom stereocenters. The highest BCUT2D eigenvalue weighted by molar-refractivity contribution is 5.93. The quantitative estimate of drug-likeness (QED) is 0.0898. The molecule has 10 N–H and O–H groups in total. The molecule has 3 amide bonds. The molecule has 1 aromatic carbocycles. The first-order valence-electron chi connectivity index (χ1n) is 11.4. The number of carbonyl (C=O) groups is 4. The predicted octanol–water partition coefficient (Wildman–Crippen LogP) is -1.17. The lowest BCUT2D eigenvalue weighted by Gasteiger charge is -2.25. The molecule has 1 aromatic rings. The molecule has 12 heteroatoms. The van der Waals surface area contributed by atoms with Gasteiger partial charge in [0, 0.05) is 6.54 Å². The molecule has 0 aliphatic carbocycles. The number of nitrogens with two attached hydrogens (primary N) is 3. The van der Waals surface area contributed by atoms with E-state index in [2.05, 4.69) is 20.9 Å². The summed E-state index contributed by atoms with van der Waals surface area (Å²) in [5.74, 6) is -3.00. The lowest BCUT2D eigenvalue weighted by atomic mass is 10.0. The molecule has 194 valence electrons. The van der Waals surface area contributed by atoms with Gasteiger partial charge >= 0.3 is 5.97 Å². The highest BCUT2D eigenvalue weighted by Crippen LogP contribution is 2.08. The van der Waals surface area contributed by atoms with Crippen LogP contribution in [-0.4, -0.2) is 66.0 Å². The molecule has 0 aliphatic rings. The van der Waals surface area contributed by atoms with Crippen LogP contribution in [0.2, 0.25) is 0 Å². The van der Waals surface area contributed by atoms with Crippen molar-refractivity contribution in [3.63, 3.8) is 0 Å². The first-order valence-corrected chi connectivity index (χ1v) is 11.4. The number of rotatable bonds is 15. The van der Waals surface area contributed by atoms with Gasteiger partial charge in [-0.3, -0.25) is 24.2 Å². The summed E-state index contributed by atoms with van der Waals surface area (Å²) in [5, 5.41) is 16.4. The van der Waals surface area contributed by atoms with Gasteiger partial charge in [-0.1, -0.05) is 44.2 Å². The minimum Gasteiger partial charge on any atom is -0.480 e. The van der Waals surface area contributed by atoms with Crippen LogP contribution in [0.4, 0.5) is 0 Å². The van der Waals surface area contributed by atoms with E-state index in [4.69, 9.17) is 22.3 Å². The van der Waals surface area contributed by atoms with Crippen molar-refractivity contribution in [2.24, 2.45) is 28.1 Å². The van der Waals surface area contributed by atoms with Gasteiger partial charge in [0.05, 0.1) is 6.04 Å². The second-order valence-corrected chi connectivity index (χ2v) is 8.61. The highest BCUT2D eigenvalue weighted by Gasteiger charge is 2.28. The Morgan fingerprint density at radius 1 is 0.971 bits per heavy atom. The van der Waals surface area contributed by atoms with E-state index in [-0.39, 0.29) is 37.7 Å². The molecule has 0 radical (unpaired) electrons. The lowest BCUT2D eigenvalue weighted by molar-refractivity contribution is -0.138. The number of nitrogens with one attached hydrogen (secondary N) is 3. The molecule has 35 heavy (non-hydrogen) atoms. The summed E-state index contributed by atoms with van der Waals surface area (Å²) in [6, 6.07) is 6.35. The van der Waals surface area contributed by atoms with Crippen molar-refractivity contribution >= 4 is 29.7 Å². The number of guanidine groups is 1. The topological polar surface area (TPSA) is 215 Å². The number of nitrogens with zero attached hydrogens (tertiary/aromatic N) is 1. The first kappa shape index (κ1) is 29.4. The van der Waals surface area contributed by atoms with Crippen molar-refractivity contribution in [2.45, 2.75) is 57.7 Å². The molecule has 12 nitrogen and oxygen atoms in total. The summed E-state index contributed by atoms with van der Waals surface area (Å²) in [5.41, 5.74) is 17.6. The van der Waals surface area contributed by atoms with Crippen LogP contribution in [-0.2, 0) is 25.6 Å². The Balaban J connectivity index is 2.92. The molecule has 0 spiro atoms. The summed E-state index contributed by atoms with van der Waals surface area (Å²) in [7, 11) is 0. The Labute approximate surface area is 205 Å². The van der Waals surface area contributed by atoms with E-state index in [0.29, 0.717) is 6.42 Å². The fourth-order valence-corrected chi connectivity index (χ4v) is 3.27. The van der Waals surface area contributed by atoms with Gasteiger partial charge in [0.15, 0.2) is 5.96 Å². The number of carbonyl (C=O) groups excluding carboxylic acids is 3. The van der Waals surface area contributed by atoms with Crippen LogP contribution in [0.25, 0.3) is 0 Å². The van der Waals surface area contributed by atoms with Gasteiger partial charge in [0.25, 0.3) is 0 Å². The van der Waals surface area contributed by atoms with Gasteiger partial charge in [-0.2, -0.15) is 0 Å². The monoisotopic (exact) mass is 491 g/mol. The normalized spacial score (nSPS) is 13.3. The third-order valence-electron chi connectivity index (χ3n) is 4.97. The van der Waals surface area contributed by atoms with E-state index >= 15 is 0 Å². The van der Waals surface area contributed by atoms with Gasteiger partial charge in [0.1, 0.15) is 18.6 Å². The average molecular weight is 492 g/mol. The summed E-state index contributed by atoms with van der Waals surface area (Å²) >= 11 is 0. The average Bonchev–Trinajstić information content (AvgIpc) is 2.78. The first-order chi connectivity index (χ1) is 16.5. The van der Waals surface area contributed by atoms with E-state index < -0.39 is 48.4 Å². The van der Waals surface area contributed by atoms with Crippen LogP contribution in [0.5, 0.6) is 0 Å². The molecule has 0 fully saturated rings. The molecule has 0 saturated heterocycles. The standard InChI is InChI=1S/C23H37N7O5/c1-14(2)11-18(21(34)28-13-19(31)32)30-22(35)17(9-6-10-27-23(25)26)29-20(33)16(24)12-15-7-4-3-5-8-15/h3-5,7-8,14,16-18H,6,9-13,24H2,1-2H3,(H,28,34)(H,29,33)(H,30,35)(H,31,32)(H4,25,26,27). The number of amides is 3. The molecule has 0 heterocycles. The zero-order chi connectivity index (χ0) is 26.4. The van der Waals surface area contributed by atoms with E-state index in [1.165, 1.54) is 0 Å². The zero-order valence-electron chi connectivity index (χ0n) is 20.2. The zero-order valence-corrected chi connectivity index (χ0v) is 20.2. The number of aliphatic imine (C=N–C) groups is 1. The van der Waals surface area contributed by atoms with Crippen LogP contribution in [0.1, 0.15) is 38.7 Å². The third kappa shape index (κ3) is 12.4. The van der Waals surface area contributed by atoms with Gasteiger partial charge in [-0.15, -0.1) is 0 Å². The fraction of sp³-hybridized carbons (Fsp3) is 0.522. The predicted molar refractivity (Wildman–Crippen MR) is 132 cm³/mol. The summed E-state index contributed by atoms with van der Waals surface area (Å²) in [6.45, 7) is 3.39. The minimum atomic E-state index is -1.20. The maximum Gasteiger partial charge on any atom is 0.322 e. The Kier molecular flexibility index (Phi) is 12.8. The minimum absolute atomic E-state index is 0.0325. The number of carboxylic acid groups (broad SMARTS) is 1. The molecule has 3 atom stereocenters.